The first kappa shape index (κ1) is 18.2. The summed E-state index contributed by atoms with van der Waals surface area (Å²) in [5, 5.41) is 6.26. The van der Waals surface area contributed by atoms with E-state index in [9.17, 15) is 18.0 Å². The number of H-pyrrole nitrogens is 1. The predicted octanol–water partition coefficient (Wildman–Crippen LogP) is 3.36. The summed E-state index contributed by atoms with van der Waals surface area (Å²) in [6.07, 6.45) is 2.17. The van der Waals surface area contributed by atoms with Crippen molar-refractivity contribution in [2.75, 3.05) is 17.2 Å². The maximum atomic E-state index is 14.5. The molecule has 3 aromatic heterocycles. The van der Waals surface area contributed by atoms with Gasteiger partial charge in [-0.25, -0.2) is 23.7 Å². The van der Waals surface area contributed by atoms with Gasteiger partial charge < -0.3 is 15.6 Å². The van der Waals surface area contributed by atoms with E-state index in [0.29, 0.717) is 23.4 Å². The van der Waals surface area contributed by atoms with Crippen molar-refractivity contribution in [3.05, 3.63) is 41.7 Å². The molecule has 1 aliphatic carbocycles. The number of carbonyl (C=O) groups is 1. The van der Waals surface area contributed by atoms with E-state index in [4.69, 9.17) is 0 Å². The Kier molecular flexibility index (Phi) is 4.40. The highest BCUT2D eigenvalue weighted by Gasteiger charge is 2.45. The van der Waals surface area contributed by atoms with Crippen LogP contribution in [0.4, 0.5) is 24.8 Å². The van der Waals surface area contributed by atoms with Crippen LogP contribution in [0.2, 0.25) is 0 Å². The Morgan fingerprint density at radius 1 is 1.29 bits per heavy atom. The second-order valence-corrected chi connectivity index (χ2v) is 6.65. The summed E-state index contributed by atoms with van der Waals surface area (Å²) in [6.45, 7) is 2.47. The number of pyridine rings is 1. The number of anilines is 2. The number of aromatic amines is 1. The van der Waals surface area contributed by atoms with Crippen molar-refractivity contribution in [2.24, 2.45) is 0 Å². The van der Waals surface area contributed by atoms with Gasteiger partial charge in [-0.2, -0.15) is 4.39 Å². The van der Waals surface area contributed by atoms with Crippen LogP contribution in [-0.4, -0.2) is 44.2 Å². The van der Waals surface area contributed by atoms with Gasteiger partial charge in [0.15, 0.2) is 5.78 Å². The molecule has 3 aromatic rings. The first-order chi connectivity index (χ1) is 13.4. The zero-order valence-corrected chi connectivity index (χ0v) is 14.9. The zero-order valence-electron chi connectivity index (χ0n) is 14.9. The van der Waals surface area contributed by atoms with E-state index in [2.05, 4.69) is 30.6 Å². The number of carbonyl (C=O) groups excluding carboxylic acids is 1. The lowest BCUT2D eigenvalue weighted by molar-refractivity contribution is -0.0794. The first-order valence-electron chi connectivity index (χ1n) is 8.79. The lowest BCUT2D eigenvalue weighted by Gasteiger charge is -2.35. The van der Waals surface area contributed by atoms with Crippen molar-refractivity contribution in [3.63, 3.8) is 0 Å². The first-order valence-corrected chi connectivity index (χ1v) is 8.79. The van der Waals surface area contributed by atoms with Crippen LogP contribution in [0.15, 0.2) is 24.7 Å². The molecule has 3 heterocycles. The number of nitrogens with zero attached hydrogens (tertiary/aromatic N) is 3. The van der Waals surface area contributed by atoms with Gasteiger partial charge in [-0.15, -0.1) is 0 Å². The van der Waals surface area contributed by atoms with Gasteiger partial charge in [-0.05, 0) is 19.1 Å². The molecule has 4 rings (SSSR count). The van der Waals surface area contributed by atoms with Gasteiger partial charge in [-0.3, -0.25) is 4.79 Å². The average Bonchev–Trinajstić information content (AvgIpc) is 3.05. The van der Waals surface area contributed by atoms with Crippen LogP contribution in [0.3, 0.4) is 0 Å². The van der Waals surface area contributed by atoms with E-state index in [1.165, 1.54) is 24.7 Å². The highest BCUT2D eigenvalue weighted by Crippen LogP contribution is 2.38. The monoisotopic (exact) mass is 390 g/mol. The van der Waals surface area contributed by atoms with Gasteiger partial charge in [0.05, 0.1) is 16.5 Å². The number of alkyl halides is 2. The van der Waals surface area contributed by atoms with Crippen molar-refractivity contribution < 1.29 is 18.0 Å². The third-order valence-corrected chi connectivity index (χ3v) is 4.59. The molecule has 0 spiro atoms. The molecule has 1 saturated carbocycles. The summed E-state index contributed by atoms with van der Waals surface area (Å²) in [7, 11) is 0. The number of ketones is 1. The Hall–Kier alpha value is -3.17. The van der Waals surface area contributed by atoms with Gasteiger partial charge in [0.1, 0.15) is 23.6 Å². The van der Waals surface area contributed by atoms with E-state index in [1.54, 1.807) is 0 Å². The number of nitrogens with one attached hydrogen (secondary N) is 3. The van der Waals surface area contributed by atoms with E-state index < -0.39 is 23.7 Å². The van der Waals surface area contributed by atoms with Crippen LogP contribution in [-0.2, 0) is 0 Å². The van der Waals surface area contributed by atoms with Crippen LogP contribution in [0, 0.1) is 5.95 Å². The van der Waals surface area contributed by atoms with Crippen molar-refractivity contribution in [1.29, 1.82) is 0 Å². The molecule has 10 heteroatoms. The van der Waals surface area contributed by atoms with E-state index in [0.717, 1.165) is 0 Å². The summed E-state index contributed by atoms with van der Waals surface area (Å²) in [5.41, 5.74) is 0.440. The molecule has 28 heavy (non-hydrogen) atoms. The second-order valence-electron chi connectivity index (χ2n) is 6.65. The molecule has 0 unspecified atom stereocenters. The Balaban J connectivity index is 1.61. The fourth-order valence-electron chi connectivity index (χ4n) is 3.24. The van der Waals surface area contributed by atoms with Gasteiger partial charge in [0, 0.05) is 31.6 Å². The number of fused-ring (bicyclic) bond motifs is 1. The van der Waals surface area contributed by atoms with Gasteiger partial charge in [-0.1, -0.05) is 0 Å². The van der Waals surface area contributed by atoms with Gasteiger partial charge in [0.2, 0.25) is 5.95 Å². The van der Waals surface area contributed by atoms with Crippen LogP contribution in [0.25, 0.3) is 11.0 Å². The minimum atomic E-state index is -2.69. The van der Waals surface area contributed by atoms with Crippen molar-refractivity contribution >= 4 is 28.5 Å². The van der Waals surface area contributed by atoms with Crippen LogP contribution in [0.1, 0.15) is 35.7 Å². The molecule has 0 bridgehead atoms. The lowest BCUT2D eigenvalue weighted by atomic mass is 9.88. The third-order valence-electron chi connectivity index (χ3n) is 4.59. The molecule has 0 aliphatic heterocycles. The molecule has 0 saturated heterocycles. The lowest BCUT2D eigenvalue weighted by Crippen LogP contribution is -2.44. The predicted molar refractivity (Wildman–Crippen MR) is 97.3 cm³/mol. The molecule has 3 N–H and O–H groups in total. The standard InChI is InChI=1S/C18H17F3N6O/c1-2-22-16-13-11(7-23-17(13)25-8-24-16)14(28)10-3-4-12(27-15(10)19)26-9-5-18(20,21)6-9/h3-4,7-9H,2,5-6H2,1H3,(H,26,27)(H2,22,23,24,25). The molecular formula is C18H17F3N6O. The van der Waals surface area contributed by atoms with E-state index >= 15 is 0 Å². The fourth-order valence-corrected chi connectivity index (χ4v) is 3.24. The molecular weight excluding hydrogens is 373 g/mol. The zero-order chi connectivity index (χ0) is 19.9. The highest BCUT2D eigenvalue weighted by molar-refractivity contribution is 6.18. The number of hydrogen-bond acceptors (Lipinski definition) is 6. The van der Waals surface area contributed by atoms with Crippen molar-refractivity contribution in [3.8, 4) is 0 Å². The normalized spacial score (nSPS) is 16.0. The van der Waals surface area contributed by atoms with Gasteiger partial charge >= 0.3 is 0 Å². The maximum absolute atomic E-state index is 14.5. The topological polar surface area (TPSA) is 95.6 Å². The molecule has 0 radical (unpaired) electrons. The summed E-state index contributed by atoms with van der Waals surface area (Å²) in [6, 6.07) is 2.24. The smallest absolute Gasteiger partial charge is 0.252 e. The Bertz CT molecular complexity index is 1040. The second kappa shape index (κ2) is 6.77. The Morgan fingerprint density at radius 3 is 2.75 bits per heavy atom. The fraction of sp³-hybridized carbons (Fsp3) is 0.333. The minimum absolute atomic E-state index is 0.116. The third kappa shape index (κ3) is 3.25. The van der Waals surface area contributed by atoms with Crippen LogP contribution < -0.4 is 10.6 Å². The molecule has 1 fully saturated rings. The molecule has 1 aliphatic rings. The number of halogens is 3. The summed E-state index contributed by atoms with van der Waals surface area (Å²) in [5.74, 6) is -3.66. The Morgan fingerprint density at radius 2 is 2.07 bits per heavy atom. The molecule has 0 aromatic carbocycles. The SMILES string of the molecule is CCNc1ncnc2[nH]cc(C(=O)c3ccc(NC4CC(F)(F)C4)nc3F)c12. The summed E-state index contributed by atoms with van der Waals surface area (Å²) >= 11 is 0. The highest BCUT2D eigenvalue weighted by atomic mass is 19.3. The van der Waals surface area contributed by atoms with Crippen LogP contribution >= 0.6 is 0 Å². The summed E-state index contributed by atoms with van der Waals surface area (Å²) in [4.78, 5) is 27.7. The van der Waals surface area contributed by atoms with E-state index in [1.807, 2.05) is 6.92 Å². The molecule has 0 atom stereocenters. The summed E-state index contributed by atoms with van der Waals surface area (Å²) < 4.78 is 40.3. The average molecular weight is 390 g/mol. The Labute approximate surface area is 157 Å². The van der Waals surface area contributed by atoms with Gasteiger partial charge in [0.25, 0.3) is 5.92 Å². The van der Waals surface area contributed by atoms with Crippen molar-refractivity contribution in [2.45, 2.75) is 31.7 Å². The molecule has 7 nitrogen and oxygen atoms in total. The number of aromatic nitrogens is 4. The quantitative estimate of drug-likeness (QED) is 0.441. The van der Waals surface area contributed by atoms with Crippen LogP contribution in [0.5, 0.6) is 0 Å². The maximum Gasteiger partial charge on any atom is 0.252 e. The minimum Gasteiger partial charge on any atom is -0.370 e. The largest absolute Gasteiger partial charge is 0.370 e. The molecule has 0 amide bonds. The molecule has 146 valence electrons. The number of rotatable bonds is 6. The number of hydrogen-bond donors (Lipinski definition) is 3. The van der Waals surface area contributed by atoms with Crippen molar-refractivity contribution in [1.82, 2.24) is 19.9 Å². The van der Waals surface area contributed by atoms with E-state index in [-0.39, 0.29) is 29.8 Å².